The van der Waals surface area contributed by atoms with Crippen molar-refractivity contribution >= 4 is 0 Å². The van der Waals surface area contributed by atoms with Crippen molar-refractivity contribution in [1.29, 1.82) is 0 Å². The lowest BCUT2D eigenvalue weighted by atomic mass is 9.78. The summed E-state index contributed by atoms with van der Waals surface area (Å²) in [5, 5.41) is 0. The fourth-order valence-electron chi connectivity index (χ4n) is 4.20. The average Bonchev–Trinajstić information content (AvgIpc) is 2.66. The molecule has 134 valence electrons. The van der Waals surface area contributed by atoms with Crippen molar-refractivity contribution in [1.82, 2.24) is 0 Å². The third kappa shape index (κ3) is 5.42. The van der Waals surface area contributed by atoms with Gasteiger partial charge in [-0.1, -0.05) is 88.3 Å². The summed E-state index contributed by atoms with van der Waals surface area (Å²) in [6, 6.07) is 15.5. The molecule has 0 spiro atoms. The SMILES string of the molecule is CCCCC1CCC(CCc2ccc(-c3cccc(F)c3)cc2)CC1. The maximum Gasteiger partial charge on any atom is 0.123 e. The van der Waals surface area contributed by atoms with Crippen molar-refractivity contribution in [3.05, 3.63) is 59.9 Å². The van der Waals surface area contributed by atoms with Crippen LogP contribution in [0.15, 0.2) is 48.5 Å². The molecule has 0 saturated heterocycles. The number of halogens is 1. The Bertz CT molecular complexity index is 635. The molecule has 1 saturated carbocycles. The van der Waals surface area contributed by atoms with E-state index in [4.69, 9.17) is 0 Å². The summed E-state index contributed by atoms with van der Waals surface area (Å²) in [5.74, 6) is 1.75. The van der Waals surface area contributed by atoms with Crippen molar-refractivity contribution in [2.75, 3.05) is 0 Å². The van der Waals surface area contributed by atoms with Crippen molar-refractivity contribution in [2.24, 2.45) is 11.8 Å². The number of benzene rings is 2. The van der Waals surface area contributed by atoms with E-state index in [1.807, 2.05) is 6.07 Å². The molecule has 0 amide bonds. The third-order valence-corrected chi connectivity index (χ3v) is 5.89. The van der Waals surface area contributed by atoms with Gasteiger partial charge in [-0.2, -0.15) is 0 Å². The maximum atomic E-state index is 13.4. The second-order valence-electron chi connectivity index (χ2n) is 7.77. The molecule has 3 rings (SSSR count). The van der Waals surface area contributed by atoms with E-state index in [1.54, 1.807) is 12.1 Å². The Hall–Kier alpha value is -1.63. The summed E-state index contributed by atoms with van der Waals surface area (Å²) in [7, 11) is 0. The fourth-order valence-corrected chi connectivity index (χ4v) is 4.20. The normalized spacial score (nSPS) is 20.6. The second-order valence-corrected chi connectivity index (χ2v) is 7.77. The van der Waals surface area contributed by atoms with Crippen LogP contribution >= 0.6 is 0 Å². The quantitative estimate of drug-likeness (QED) is 0.492. The van der Waals surface area contributed by atoms with E-state index >= 15 is 0 Å². The Morgan fingerprint density at radius 3 is 2.16 bits per heavy atom. The van der Waals surface area contributed by atoms with Crippen LogP contribution in [0.1, 0.15) is 63.9 Å². The standard InChI is InChI=1S/C24H31F/c1-2-3-5-19-8-10-20(11-9-19)12-13-21-14-16-22(17-15-21)23-6-4-7-24(25)18-23/h4,6-7,14-20H,2-3,5,8-13H2,1H3. The lowest BCUT2D eigenvalue weighted by Gasteiger charge is -2.28. The molecule has 2 aromatic rings. The van der Waals surface area contributed by atoms with E-state index in [9.17, 15) is 4.39 Å². The molecule has 0 heterocycles. The minimum atomic E-state index is -0.170. The predicted octanol–water partition coefficient (Wildman–Crippen LogP) is 7.42. The zero-order valence-corrected chi connectivity index (χ0v) is 15.5. The molecular weight excluding hydrogens is 307 g/mol. The second kappa shape index (κ2) is 9.17. The molecule has 1 aliphatic carbocycles. The van der Waals surface area contributed by atoms with E-state index in [-0.39, 0.29) is 5.82 Å². The van der Waals surface area contributed by atoms with E-state index < -0.39 is 0 Å². The highest BCUT2D eigenvalue weighted by Gasteiger charge is 2.20. The summed E-state index contributed by atoms with van der Waals surface area (Å²) < 4.78 is 13.4. The van der Waals surface area contributed by atoms with E-state index in [0.717, 1.165) is 23.0 Å². The van der Waals surface area contributed by atoms with Gasteiger partial charge in [-0.05, 0) is 53.5 Å². The first-order valence-electron chi connectivity index (χ1n) is 10.1. The summed E-state index contributed by atoms with van der Waals surface area (Å²) in [4.78, 5) is 0. The molecule has 0 aromatic heterocycles. The van der Waals surface area contributed by atoms with Gasteiger partial charge in [0.25, 0.3) is 0 Å². The summed E-state index contributed by atoms with van der Waals surface area (Å²) in [6.07, 6.45) is 12.4. The van der Waals surface area contributed by atoms with Gasteiger partial charge in [0.1, 0.15) is 5.82 Å². The van der Waals surface area contributed by atoms with Gasteiger partial charge in [-0.15, -0.1) is 0 Å². The topological polar surface area (TPSA) is 0 Å². The molecule has 0 N–H and O–H groups in total. The lowest BCUT2D eigenvalue weighted by Crippen LogP contribution is -2.15. The molecule has 0 bridgehead atoms. The van der Waals surface area contributed by atoms with Gasteiger partial charge in [0, 0.05) is 0 Å². The number of hydrogen-bond donors (Lipinski definition) is 0. The summed E-state index contributed by atoms with van der Waals surface area (Å²) in [6.45, 7) is 2.30. The predicted molar refractivity (Wildman–Crippen MR) is 105 cm³/mol. The molecule has 0 radical (unpaired) electrons. The third-order valence-electron chi connectivity index (χ3n) is 5.89. The highest BCUT2D eigenvalue weighted by atomic mass is 19.1. The number of rotatable bonds is 7. The molecular formula is C24H31F. The first kappa shape index (κ1) is 18.2. The number of unbranched alkanes of at least 4 members (excludes halogenated alkanes) is 1. The van der Waals surface area contributed by atoms with Gasteiger partial charge >= 0.3 is 0 Å². The van der Waals surface area contributed by atoms with Crippen LogP contribution < -0.4 is 0 Å². The van der Waals surface area contributed by atoms with Crippen LogP contribution in [-0.2, 0) is 6.42 Å². The number of hydrogen-bond acceptors (Lipinski definition) is 0. The van der Waals surface area contributed by atoms with Crippen LogP contribution in [0.3, 0.4) is 0 Å². The molecule has 0 aliphatic heterocycles. The molecule has 1 heteroatoms. The molecule has 1 aliphatic rings. The number of aryl methyl sites for hydroxylation is 1. The van der Waals surface area contributed by atoms with Crippen molar-refractivity contribution < 1.29 is 4.39 Å². The minimum absolute atomic E-state index is 0.170. The van der Waals surface area contributed by atoms with Gasteiger partial charge in [-0.3, -0.25) is 0 Å². The van der Waals surface area contributed by atoms with Gasteiger partial charge < -0.3 is 0 Å². The smallest absolute Gasteiger partial charge is 0.123 e. The zero-order chi connectivity index (χ0) is 17.5. The molecule has 0 atom stereocenters. The maximum absolute atomic E-state index is 13.4. The van der Waals surface area contributed by atoms with Crippen molar-refractivity contribution in [3.8, 4) is 11.1 Å². The highest BCUT2D eigenvalue weighted by Crippen LogP contribution is 2.34. The van der Waals surface area contributed by atoms with E-state index in [2.05, 4.69) is 31.2 Å². The summed E-state index contributed by atoms with van der Waals surface area (Å²) in [5.41, 5.74) is 3.46. The minimum Gasteiger partial charge on any atom is -0.207 e. The Morgan fingerprint density at radius 1 is 0.840 bits per heavy atom. The molecule has 25 heavy (non-hydrogen) atoms. The van der Waals surface area contributed by atoms with E-state index in [0.29, 0.717) is 0 Å². The average molecular weight is 339 g/mol. The van der Waals surface area contributed by atoms with Crippen molar-refractivity contribution in [3.63, 3.8) is 0 Å². The first-order chi connectivity index (χ1) is 12.2. The van der Waals surface area contributed by atoms with Crippen LogP contribution in [0.2, 0.25) is 0 Å². The van der Waals surface area contributed by atoms with Gasteiger partial charge in [0.15, 0.2) is 0 Å². The zero-order valence-electron chi connectivity index (χ0n) is 15.5. The first-order valence-corrected chi connectivity index (χ1v) is 10.1. The molecule has 0 unspecified atom stereocenters. The van der Waals surface area contributed by atoms with Gasteiger partial charge in [-0.25, -0.2) is 4.39 Å². The largest absolute Gasteiger partial charge is 0.207 e. The Labute approximate surface area is 152 Å². The molecule has 2 aromatic carbocycles. The van der Waals surface area contributed by atoms with Crippen LogP contribution in [0.5, 0.6) is 0 Å². The van der Waals surface area contributed by atoms with Gasteiger partial charge in [0.05, 0.1) is 0 Å². The lowest BCUT2D eigenvalue weighted by molar-refractivity contribution is 0.250. The van der Waals surface area contributed by atoms with Crippen molar-refractivity contribution in [2.45, 2.75) is 64.7 Å². The van der Waals surface area contributed by atoms with Gasteiger partial charge in [0.2, 0.25) is 0 Å². The monoisotopic (exact) mass is 338 g/mol. The Morgan fingerprint density at radius 2 is 1.52 bits per heavy atom. The Balaban J connectivity index is 1.46. The van der Waals surface area contributed by atoms with Crippen LogP contribution in [0.25, 0.3) is 11.1 Å². The highest BCUT2D eigenvalue weighted by molar-refractivity contribution is 5.63. The van der Waals surface area contributed by atoms with Crippen LogP contribution in [-0.4, -0.2) is 0 Å². The van der Waals surface area contributed by atoms with E-state index in [1.165, 1.54) is 69.4 Å². The fraction of sp³-hybridized carbons (Fsp3) is 0.500. The van der Waals surface area contributed by atoms with Crippen LogP contribution in [0, 0.1) is 17.7 Å². The summed E-state index contributed by atoms with van der Waals surface area (Å²) >= 11 is 0. The molecule has 1 fully saturated rings. The van der Waals surface area contributed by atoms with Crippen LogP contribution in [0.4, 0.5) is 4.39 Å². The molecule has 0 nitrogen and oxygen atoms in total. The Kier molecular flexibility index (Phi) is 6.67.